The van der Waals surface area contributed by atoms with E-state index >= 15 is 0 Å². The van der Waals surface area contributed by atoms with Gasteiger partial charge in [0.25, 0.3) is 5.91 Å². The third-order valence-corrected chi connectivity index (χ3v) is 4.95. The second kappa shape index (κ2) is 6.32. The molecule has 1 aliphatic rings. The molecule has 0 atom stereocenters. The van der Waals surface area contributed by atoms with E-state index in [0.717, 1.165) is 52.7 Å². The molecule has 5 rings (SSSR count). The highest BCUT2D eigenvalue weighted by Gasteiger charge is 2.24. The number of hydrogen-bond donors (Lipinski definition) is 2. The van der Waals surface area contributed by atoms with Gasteiger partial charge in [-0.05, 0) is 37.0 Å². The lowest BCUT2D eigenvalue weighted by Crippen LogP contribution is -2.13. The number of benzene rings is 1. The summed E-state index contributed by atoms with van der Waals surface area (Å²) in [7, 11) is 0. The van der Waals surface area contributed by atoms with Crippen molar-refractivity contribution < 1.29 is 4.79 Å². The largest absolute Gasteiger partial charge is 0.364 e. The number of aromatic amines is 1. The Morgan fingerprint density at radius 2 is 2.04 bits per heavy atom. The van der Waals surface area contributed by atoms with Gasteiger partial charge in [0.1, 0.15) is 6.33 Å². The number of carbonyl (C=O) groups is 1. The van der Waals surface area contributed by atoms with Gasteiger partial charge >= 0.3 is 0 Å². The highest BCUT2D eigenvalue weighted by molar-refractivity contribution is 6.09. The van der Waals surface area contributed by atoms with Crippen LogP contribution in [0.3, 0.4) is 0 Å². The summed E-state index contributed by atoms with van der Waals surface area (Å²) < 4.78 is 0. The number of para-hydroxylation sites is 1. The van der Waals surface area contributed by atoms with E-state index in [1.165, 1.54) is 6.33 Å². The molecule has 0 aliphatic heterocycles. The molecule has 0 fully saturated rings. The highest BCUT2D eigenvalue weighted by atomic mass is 16.1. The highest BCUT2D eigenvalue weighted by Crippen LogP contribution is 2.33. The van der Waals surface area contributed by atoms with Gasteiger partial charge in [-0.3, -0.25) is 9.78 Å². The Kier molecular flexibility index (Phi) is 3.67. The van der Waals surface area contributed by atoms with Crippen molar-refractivity contribution in [1.82, 2.24) is 19.9 Å². The van der Waals surface area contributed by atoms with Gasteiger partial charge in [0.05, 0.1) is 28.7 Å². The second-order valence-electron chi connectivity index (χ2n) is 6.68. The first-order valence-electron chi connectivity index (χ1n) is 8.95. The minimum atomic E-state index is -0.170. The van der Waals surface area contributed by atoms with E-state index in [4.69, 9.17) is 0 Å². The predicted octanol–water partition coefficient (Wildman–Crippen LogP) is 3.76. The van der Waals surface area contributed by atoms with E-state index in [-0.39, 0.29) is 5.91 Å². The van der Waals surface area contributed by atoms with Crippen molar-refractivity contribution in [3.8, 4) is 11.3 Å². The quantitative estimate of drug-likeness (QED) is 0.573. The standard InChI is InChI=1S/C21H17N5O/c27-21(26-15-8-13-4-1-2-6-17(13)23-10-15)16-11-24-18-7-3-5-14-9-22-12-25-20(14)19(16)18/h1-2,4,6,8-12,24H,3,5,7H2,(H,26,27). The van der Waals surface area contributed by atoms with Crippen LogP contribution in [-0.4, -0.2) is 25.8 Å². The summed E-state index contributed by atoms with van der Waals surface area (Å²) in [6, 6.07) is 9.76. The molecule has 0 unspecified atom stereocenters. The molecule has 0 bridgehead atoms. The number of anilines is 1. The number of carbonyl (C=O) groups excluding carboxylic acids is 1. The molecular formula is C21H17N5O. The Hall–Kier alpha value is -3.54. The number of nitrogens with one attached hydrogen (secondary N) is 2. The molecule has 3 heterocycles. The molecule has 1 amide bonds. The van der Waals surface area contributed by atoms with Gasteiger partial charge in [-0.15, -0.1) is 0 Å². The number of aromatic nitrogens is 4. The maximum atomic E-state index is 13.0. The average Bonchev–Trinajstić information content (AvgIpc) is 3.03. The fourth-order valence-corrected chi connectivity index (χ4v) is 3.67. The van der Waals surface area contributed by atoms with Gasteiger partial charge in [0, 0.05) is 29.0 Å². The summed E-state index contributed by atoms with van der Waals surface area (Å²) >= 11 is 0. The van der Waals surface area contributed by atoms with Crippen LogP contribution in [0.15, 0.2) is 55.2 Å². The third kappa shape index (κ3) is 2.75. The molecule has 6 nitrogen and oxygen atoms in total. The van der Waals surface area contributed by atoms with Crippen molar-refractivity contribution in [3.63, 3.8) is 0 Å². The summed E-state index contributed by atoms with van der Waals surface area (Å²) in [5, 5.41) is 3.96. The number of fused-ring (bicyclic) bond motifs is 4. The third-order valence-electron chi connectivity index (χ3n) is 4.95. The number of H-pyrrole nitrogens is 1. The lowest BCUT2D eigenvalue weighted by atomic mass is 10.0. The van der Waals surface area contributed by atoms with Crippen LogP contribution in [0.4, 0.5) is 5.69 Å². The van der Waals surface area contributed by atoms with Gasteiger partial charge < -0.3 is 10.3 Å². The Morgan fingerprint density at radius 1 is 1.11 bits per heavy atom. The van der Waals surface area contributed by atoms with Crippen molar-refractivity contribution >= 4 is 22.5 Å². The van der Waals surface area contributed by atoms with E-state index in [0.29, 0.717) is 11.3 Å². The van der Waals surface area contributed by atoms with Crippen LogP contribution in [0.25, 0.3) is 22.2 Å². The second-order valence-corrected chi connectivity index (χ2v) is 6.68. The van der Waals surface area contributed by atoms with Crippen molar-refractivity contribution in [1.29, 1.82) is 0 Å². The van der Waals surface area contributed by atoms with E-state index in [9.17, 15) is 4.79 Å². The number of nitrogens with zero attached hydrogens (tertiary/aromatic N) is 3. The Bertz CT molecular complexity index is 1160. The van der Waals surface area contributed by atoms with E-state index < -0.39 is 0 Å². The normalized spacial score (nSPS) is 12.9. The van der Waals surface area contributed by atoms with Crippen molar-refractivity contribution in [2.24, 2.45) is 0 Å². The fraction of sp³-hybridized carbons (Fsp3) is 0.143. The molecule has 0 saturated heterocycles. The zero-order valence-corrected chi connectivity index (χ0v) is 14.6. The van der Waals surface area contributed by atoms with E-state index in [1.807, 2.05) is 36.5 Å². The molecule has 27 heavy (non-hydrogen) atoms. The lowest BCUT2D eigenvalue weighted by Gasteiger charge is -2.09. The summed E-state index contributed by atoms with van der Waals surface area (Å²) in [6.07, 6.45) is 9.64. The monoisotopic (exact) mass is 355 g/mol. The molecule has 132 valence electrons. The Morgan fingerprint density at radius 3 is 3.00 bits per heavy atom. The Balaban J connectivity index is 1.53. The van der Waals surface area contributed by atoms with Crippen LogP contribution >= 0.6 is 0 Å². The van der Waals surface area contributed by atoms with Crippen LogP contribution in [-0.2, 0) is 12.8 Å². The smallest absolute Gasteiger partial charge is 0.257 e. The van der Waals surface area contributed by atoms with E-state index in [2.05, 4.69) is 25.3 Å². The maximum Gasteiger partial charge on any atom is 0.257 e. The molecule has 6 heteroatoms. The molecular weight excluding hydrogens is 338 g/mol. The van der Waals surface area contributed by atoms with Crippen LogP contribution in [0, 0.1) is 0 Å². The zero-order chi connectivity index (χ0) is 18.2. The van der Waals surface area contributed by atoms with Crippen LogP contribution in [0.2, 0.25) is 0 Å². The molecule has 2 N–H and O–H groups in total. The summed E-state index contributed by atoms with van der Waals surface area (Å²) in [4.78, 5) is 29.3. The minimum absolute atomic E-state index is 0.170. The van der Waals surface area contributed by atoms with Crippen LogP contribution in [0.5, 0.6) is 0 Å². The van der Waals surface area contributed by atoms with Crippen LogP contribution in [0.1, 0.15) is 28.0 Å². The first-order valence-corrected chi connectivity index (χ1v) is 8.95. The van der Waals surface area contributed by atoms with Gasteiger partial charge in [0.2, 0.25) is 0 Å². The lowest BCUT2D eigenvalue weighted by molar-refractivity contribution is 0.102. The topological polar surface area (TPSA) is 83.6 Å². The predicted molar refractivity (Wildman–Crippen MR) is 104 cm³/mol. The van der Waals surface area contributed by atoms with Crippen molar-refractivity contribution in [3.05, 3.63) is 72.1 Å². The molecule has 4 aromatic rings. The minimum Gasteiger partial charge on any atom is -0.364 e. The van der Waals surface area contributed by atoms with Gasteiger partial charge in [-0.1, -0.05) is 18.2 Å². The first kappa shape index (κ1) is 15.7. The van der Waals surface area contributed by atoms with E-state index in [1.54, 1.807) is 12.4 Å². The summed E-state index contributed by atoms with van der Waals surface area (Å²) in [5.74, 6) is -0.170. The van der Waals surface area contributed by atoms with Crippen molar-refractivity contribution in [2.75, 3.05) is 5.32 Å². The SMILES string of the molecule is O=C(Nc1cnc2ccccc2c1)c1c[nH]c2c1-c1ncncc1CCC2. The number of hydrogen-bond acceptors (Lipinski definition) is 4. The van der Waals surface area contributed by atoms with Crippen LogP contribution < -0.4 is 5.32 Å². The number of aryl methyl sites for hydroxylation is 2. The van der Waals surface area contributed by atoms with Crippen molar-refractivity contribution in [2.45, 2.75) is 19.3 Å². The zero-order valence-electron chi connectivity index (χ0n) is 14.6. The summed E-state index contributed by atoms with van der Waals surface area (Å²) in [6.45, 7) is 0. The maximum absolute atomic E-state index is 13.0. The molecule has 0 spiro atoms. The fourth-order valence-electron chi connectivity index (χ4n) is 3.67. The number of amides is 1. The molecule has 0 radical (unpaired) electrons. The molecule has 1 aliphatic carbocycles. The number of rotatable bonds is 2. The molecule has 1 aromatic carbocycles. The van der Waals surface area contributed by atoms with Gasteiger partial charge in [0.15, 0.2) is 0 Å². The molecule has 3 aromatic heterocycles. The first-order chi connectivity index (χ1) is 13.3. The van der Waals surface area contributed by atoms with Gasteiger partial charge in [-0.25, -0.2) is 9.97 Å². The summed E-state index contributed by atoms with van der Waals surface area (Å²) in [5.41, 5.74) is 6.03. The average molecular weight is 355 g/mol. The number of pyridine rings is 1. The Labute approximate surface area is 155 Å². The van der Waals surface area contributed by atoms with Gasteiger partial charge in [-0.2, -0.15) is 0 Å². The molecule has 0 saturated carbocycles.